The quantitative estimate of drug-likeness (QED) is 0.777. The Balaban J connectivity index is 2.22. The van der Waals surface area contributed by atoms with Gasteiger partial charge in [-0.1, -0.05) is 0 Å². The molecule has 1 heterocycles. The maximum Gasteiger partial charge on any atom is 0.417 e. The van der Waals surface area contributed by atoms with Gasteiger partial charge in [0.2, 0.25) is 0 Å². The van der Waals surface area contributed by atoms with Gasteiger partial charge >= 0.3 is 18.2 Å². The van der Waals surface area contributed by atoms with Crippen LogP contribution < -0.4 is 0 Å². The molecule has 3 atom stereocenters. The fraction of sp³-hybridized carbons (Fsp3) is 0.789. The zero-order valence-corrected chi connectivity index (χ0v) is 17.4. The van der Waals surface area contributed by atoms with Gasteiger partial charge in [0.25, 0.3) is 5.91 Å². The minimum absolute atomic E-state index is 0.180. The molecule has 28 heavy (non-hydrogen) atoms. The summed E-state index contributed by atoms with van der Waals surface area (Å²) in [5.41, 5.74) is -1.56. The van der Waals surface area contributed by atoms with E-state index in [1.807, 2.05) is 0 Å². The molecule has 158 valence electrons. The van der Waals surface area contributed by atoms with Gasteiger partial charge in [-0.15, -0.1) is 0 Å². The highest BCUT2D eigenvalue weighted by Crippen LogP contribution is 2.38. The van der Waals surface area contributed by atoms with Crippen molar-refractivity contribution in [1.29, 1.82) is 0 Å². The third-order valence-electron chi connectivity index (χ3n) is 4.40. The summed E-state index contributed by atoms with van der Waals surface area (Å²) >= 11 is 0. The molecule has 0 radical (unpaired) electrons. The van der Waals surface area contributed by atoms with Crippen molar-refractivity contribution >= 4 is 24.1 Å². The van der Waals surface area contributed by atoms with Crippen molar-refractivity contribution in [3.05, 3.63) is 0 Å². The van der Waals surface area contributed by atoms with Crippen LogP contribution in [0.1, 0.15) is 60.8 Å². The number of carboxylic acid groups (broad SMARTS) is 1. The second-order valence-electron chi connectivity index (χ2n) is 9.27. The van der Waals surface area contributed by atoms with Gasteiger partial charge in [0, 0.05) is 6.54 Å². The molecule has 9 nitrogen and oxygen atoms in total. The molecule has 0 spiro atoms. The highest BCUT2D eigenvalue weighted by Gasteiger charge is 2.54. The van der Waals surface area contributed by atoms with Crippen LogP contribution in [0.4, 0.5) is 9.59 Å². The molecule has 1 N–H and O–H groups in total. The van der Waals surface area contributed by atoms with Crippen LogP contribution in [0.5, 0.6) is 0 Å². The monoisotopic (exact) mass is 398 g/mol. The summed E-state index contributed by atoms with van der Waals surface area (Å²) in [4.78, 5) is 51.8. The first kappa shape index (κ1) is 22.0. The number of carboxylic acids is 1. The number of nitrogens with zero attached hydrogens (tertiary/aromatic N) is 2. The highest BCUT2D eigenvalue weighted by atomic mass is 16.6. The predicted octanol–water partition coefficient (Wildman–Crippen LogP) is 2.62. The molecule has 1 unspecified atom stereocenters. The van der Waals surface area contributed by atoms with E-state index in [0.29, 0.717) is 19.4 Å². The molecule has 1 aliphatic carbocycles. The topological polar surface area (TPSA) is 113 Å². The number of aliphatic carboxylic acids is 1. The lowest BCUT2D eigenvalue weighted by Gasteiger charge is -2.32. The Hall–Kier alpha value is -2.32. The molecule has 1 aliphatic heterocycles. The van der Waals surface area contributed by atoms with E-state index in [1.54, 1.807) is 41.5 Å². The number of amides is 3. The van der Waals surface area contributed by atoms with Crippen LogP contribution >= 0.6 is 0 Å². The molecule has 0 aromatic carbocycles. The zero-order valence-electron chi connectivity index (χ0n) is 17.4. The number of carbonyl (C=O) groups excluding carboxylic acids is 3. The van der Waals surface area contributed by atoms with Crippen molar-refractivity contribution in [3.8, 4) is 0 Å². The van der Waals surface area contributed by atoms with Gasteiger partial charge in [-0.3, -0.25) is 14.5 Å². The van der Waals surface area contributed by atoms with Gasteiger partial charge < -0.3 is 14.6 Å². The Kier molecular flexibility index (Phi) is 5.96. The second-order valence-corrected chi connectivity index (χ2v) is 9.27. The minimum atomic E-state index is -1.07. The van der Waals surface area contributed by atoms with Crippen molar-refractivity contribution in [1.82, 2.24) is 9.80 Å². The number of carbonyl (C=O) groups is 4. The molecule has 2 rings (SSSR count). The van der Waals surface area contributed by atoms with Crippen molar-refractivity contribution in [3.63, 3.8) is 0 Å². The van der Waals surface area contributed by atoms with Gasteiger partial charge in [-0.05, 0) is 60.8 Å². The van der Waals surface area contributed by atoms with E-state index in [0.717, 1.165) is 4.90 Å². The first-order valence-electron chi connectivity index (χ1n) is 9.50. The fourth-order valence-electron chi connectivity index (χ4n) is 3.16. The average molecular weight is 398 g/mol. The van der Waals surface area contributed by atoms with Crippen LogP contribution in [0.15, 0.2) is 0 Å². The first-order chi connectivity index (χ1) is 12.7. The summed E-state index contributed by atoms with van der Waals surface area (Å²) in [6, 6.07) is -1.64. The van der Waals surface area contributed by atoms with Crippen LogP contribution in [0, 0.1) is 5.92 Å². The normalized spacial score (nSPS) is 24.5. The molecular formula is C19H30N2O7. The van der Waals surface area contributed by atoms with Crippen molar-refractivity contribution in [2.24, 2.45) is 5.92 Å². The average Bonchev–Trinajstić information content (AvgIpc) is 3.10. The van der Waals surface area contributed by atoms with E-state index in [1.165, 1.54) is 4.90 Å². The molecule has 0 aromatic heterocycles. The molecule has 2 fully saturated rings. The van der Waals surface area contributed by atoms with E-state index in [9.17, 15) is 24.3 Å². The van der Waals surface area contributed by atoms with E-state index in [4.69, 9.17) is 9.47 Å². The van der Waals surface area contributed by atoms with Crippen LogP contribution in [0.2, 0.25) is 0 Å². The standard InChI is InChI=1S/C19H30N2O7/c1-18(2,3)27-16(25)20-9-7-8-12(20)14(22)21(13-10-11(13)15(23)24)17(26)28-19(4,5)6/h11-13H,7-10H2,1-6H3,(H,23,24)/t11-,12?,13-/m1/s1. The largest absolute Gasteiger partial charge is 0.481 e. The van der Waals surface area contributed by atoms with E-state index in [2.05, 4.69) is 0 Å². The first-order valence-corrected chi connectivity index (χ1v) is 9.50. The summed E-state index contributed by atoms with van der Waals surface area (Å²) < 4.78 is 10.7. The predicted molar refractivity (Wildman–Crippen MR) is 98.6 cm³/mol. The number of likely N-dealkylation sites (tertiary alicyclic amines) is 1. The van der Waals surface area contributed by atoms with Crippen LogP contribution in [-0.4, -0.2) is 68.8 Å². The minimum Gasteiger partial charge on any atom is -0.481 e. The molecular weight excluding hydrogens is 368 g/mol. The fourth-order valence-corrected chi connectivity index (χ4v) is 3.16. The number of rotatable bonds is 3. The van der Waals surface area contributed by atoms with Crippen molar-refractivity contribution < 1.29 is 33.8 Å². The highest BCUT2D eigenvalue weighted by molar-refractivity contribution is 5.98. The maximum atomic E-state index is 13.2. The number of ether oxygens (including phenoxy) is 2. The summed E-state index contributed by atoms with van der Waals surface area (Å²) in [6.07, 6.45) is -0.369. The zero-order chi connectivity index (χ0) is 21.4. The molecule has 3 amide bonds. The van der Waals surface area contributed by atoms with E-state index in [-0.39, 0.29) is 6.42 Å². The van der Waals surface area contributed by atoms with E-state index >= 15 is 0 Å². The molecule has 0 aromatic rings. The van der Waals surface area contributed by atoms with Crippen LogP contribution in [0.3, 0.4) is 0 Å². The molecule has 2 aliphatic rings. The van der Waals surface area contributed by atoms with Crippen molar-refractivity contribution in [2.45, 2.75) is 84.1 Å². The Bertz CT molecular complexity index is 662. The number of hydrogen-bond donors (Lipinski definition) is 1. The second kappa shape index (κ2) is 7.60. The third kappa shape index (κ3) is 5.36. The van der Waals surface area contributed by atoms with Gasteiger partial charge in [0.15, 0.2) is 0 Å². The molecule has 9 heteroatoms. The summed E-state index contributed by atoms with van der Waals surface area (Å²) in [5.74, 6) is -2.50. The Morgan fingerprint density at radius 1 is 1.00 bits per heavy atom. The van der Waals surface area contributed by atoms with E-state index < -0.39 is 53.3 Å². The summed E-state index contributed by atoms with van der Waals surface area (Å²) in [7, 11) is 0. The molecule has 1 saturated carbocycles. The summed E-state index contributed by atoms with van der Waals surface area (Å²) in [5, 5.41) is 9.23. The van der Waals surface area contributed by atoms with Gasteiger partial charge in [0.05, 0.1) is 12.0 Å². The number of hydrogen-bond acceptors (Lipinski definition) is 6. The Labute approximate surface area is 164 Å². The third-order valence-corrected chi connectivity index (χ3v) is 4.40. The summed E-state index contributed by atoms with van der Waals surface area (Å²) in [6.45, 7) is 10.5. The lowest BCUT2D eigenvalue weighted by molar-refractivity contribution is -0.140. The lowest BCUT2D eigenvalue weighted by atomic mass is 10.1. The maximum absolute atomic E-state index is 13.2. The Morgan fingerprint density at radius 2 is 1.57 bits per heavy atom. The van der Waals surface area contributed by atoms with Crippen LogP contribution in [0.25, 0.3) is 0 Å². The van der Waals surface area contributed by atoms with Gasteiger partial charge in [-0.25, -0.2) is 14.5 Å². The smallest absolute Gasteiger partial charge is 0.417 e. The SMILES string of the molecule is CC(C)(C)OC(=O)N1CCCC1C(=O)N(C(=O)OC(C)(C)C)[C@@H]1C[C@H]1C(=O)O. The van der Waals surface area contributed by atoms with Gasteiger partial charge in [0.1, 0.15) is 17.2 Å². The molecule has 1 saturated heterocycles. The number of imide groups is 1. The van der Waals surface area contributed by atoms with Crippen molar-refractivity contribution in [2.75, 3.05) is 6.54 Å². The van der Waals surface area contributed by atoms with Crippen LogP contribution in [-0.2, 0) is 19.1 Å². The molecule has 0 bridgehead atoms. The lowest BCUT2D eigenvalue weighted by Crippen LogP contribution is -2.53. The van der Waals surface area contributed by atoms with Gasteiger partial charge in [-0.2, -0.15) is 0 Å². The Morgan fingerprint density at radius 3 is 2.04 bits per heavy atom.